The molecule has 0 aliphatic heterocycles. The molecule has 2 aromatic rings. The van der Waals surface area contributed by atoms with Gasteiger partial charge in [0.15, 0.2) is 0 Å². The lowest BCUT2D eigenvalue weighted by molar-refractivity contribution is 0.0600. The maximum absolute atomic E-state index is 12.7. The Labute approximate surface area is 157 Å². The fraction of sp³-hybridized carbons (Fsp3) is 0.294. The van der Waals surface area contributed by atoms with E-state index in [2.05, 4.69) is 14.4 Å². The molecule has 1 aromatic carbocycles. The van der Waals surface area contributed by atoms with Gasteiger partial charge in [0.1, 0.15) is 5.69 Å². The number of ether oxygens (including phenoxy) is 2. The lowest BCUT2D eigenvalue weighted by Crippen LogP contribution is -2.15. The Morgan fingerprint density at radius 3 is 2.50 bits per heavy atom. The third-order valence-electron chi connectivity index (χ3n) is 3.63. The SMILES string of the molecule is COC(=O)c1cc(S(=O)(=O)Nc2cc(C(C)C)cnc2OC)ccc1Cl. The van der Waals surface area contributed by atoms with Crippen molar-refractivity contribution in [3.8, 4) is 5.88 Å². The second-order valence-corrected chi connectivity index (χ2v) is 7.81. The molecule has 0 fully saturated rings. The summed E-state index contributed by atoms with van der Waals surface area (Å²) < 4.78 is 37.7. The van der Waals surface area contributed by atoms with Crippen LogP contribution in [0.1, 0.15) is 35.7 Å². The second-order valence-electron chi connectivity index (χ2n) is 5.72. The Hall–Kier alpha value is -2.32. The van der Waals surface area contributed by atoms with Crippen LogP contribution in [0.25, 0.3) is 0 Å². The molecule has 1 heterocycles. The highest BCUT2D eigenvalue weighted by molar-refractivity contribution is 7.92. The molecule has 0 aliphatic carbocycles. The van der Waals surface area contributed by atoms with E-state index in [0.29, 0.717) is 0 Å². The minimum Gasteiger partial charge on any atom is -0.480 e. The third-order valence-corrected chi connectivity index (χ3v) is 5.32. The zero-order valence-electron chi connectivity index (χ0n) is 14.7. The number of hydrogen-bond donors (Lipinski definition) is 1. The normalized spacial score (nSPS) is 11.3. The van der Waals surface area contributed by atoms with Crippen molar-refractivity contribution in [1.82, 2.24) is 4.98 Å². The molecule has 1 N–H and O–H groups in total. The average molecular weight is 399 g/mol. The van der Waals surface area contributed by atoms with Gasteiger partial charge in [0, 0.05) is 6.20 Å². The molecular weight excluding hydrogens is 380 g/mol. The third kappa shape index (κ3) is 4.25. The number of nitrogens with zero attached hydrogens (tertiary/aromatic N) is 1. The van der Waals surface area contributed by atoms with Crippen molar-refractivity contribution in [2.45, 2.75) is 24.7 Å². The topological polar surface area (TPSA) is 94.6 Å². The number of carbonyl (C=O) groups is 1. The van der Waals surface area contributed by atoms with Crippen LogP contribution in [-0.4, -0.2) is 33.6 Å². The smallest absolute Gasteiger partial charge is 0.339 e. The van der Waals surface area contributed by atoms with Gasteiger partial charge in [-0.25, -0.2) is 18.2 Å². The highest BCUT2D eigenvalue weighted by Crippen LogP contribution is 2.29. The van der Waals surface area contributed by atoms with Crippen molar-refractivity contribution in [3.05, 3.63) is 46.6 Å². The fourth-order valence-electron chi connectivity index (χ4n) is 2.16. The molecule has 0 bridgehead atoms. The highest BCUT2D eigenvalue weighted by atomic mass is 35.5. The monoisotopic (exact) mass is 398 g/mol. The van der Waals surface area contributed by atoms with Gasteiger partial charge >= 0.3 is 5.97 Å². The van der Waals surface area contributed by atoms with Gasteiger partial charge < -0.3 is 9.47 Å². The van der Waals surface area contributed by atoms with Gasteiger partial charge in [-0.1, -0.05) is 25.4 Å². The molecule has 9 heteroatoms. The number of pyridine rings is 1. The standard InChI is InChI=1S/C17H19ClN2O5S/c1-10(2)11-7-15(16(24-3)19-9-11)20-26(22,23)12-5-6-14(18)13(8-12)17(21)25-4/h5-10,20H,1-4H3. The van der Waals surface area contributed by atoms with Crippen LogP contribution in [0.3, 0.4) is 0 Å². The van der Waals surface area contributed by atoms with Crippen LogP contribution >= 0.6 is 11.6 Å². The number of benzene rings is 1. The minimum atomic E-state index is -4.01. The predicted molar refractivity (Wildman–Crippen MR) is 98.5 cm³/mol. The van der Waals surface area contributed by atoms with Gasteiger partial charge in [-0.3, -0.25) is 4.72 Å². The molecular formula is C17H19ClN2O5S. The van der Waals surface area contributed by atoms with E-state index < -0.39 is 16.0 Å². The average Bonchev–Trinajstić information content (AvgIpc) is 2.60. The first-order chi connectivity index (χ1) is 12.2. The molecule has 2 rings (SSSR count). The number of carbonyl (C=O) groups excluding carboxylic acids is 1. The lowest BCUT2D eigenvalue weighted by atomic mass is 10.1. The van der Waals surface area contributed by atoms with E-state index in [1.165, 1.54) is 26.4 Å². The number of methoxy groups -OCH3 is 2. The van der Waals surface area contributed by atoms with Crippen molar-refractivity contribution in [3.63, 3.8) is 0 Å². The van der Waals surface area contributed by atoms with Crippen LogP contribution in [0.15, 0.2) is 35.4 Å². The van der Waals surface area contributed by atoms with Crippen molar-refractivity contribution in [2.75, 3.05) is 18.9 Å². The zero-order valence-corrected chi connectivity index (χ0v) is 16.3. The molecule has 0 spiro atoms. The summed E-state index contributed by atoms with van der Waals surface area (Å²) in [7, 11) is -1.42. The summed E-state index contributed by atoms with van der Waals surface area (Å²) in [6.07, 6.45) is 1.62. The molecule has 0 radical (unpaired) electrons. The number of esters is 1. The Kier molecular flexibility index (Phi) is 6.09. The Bertz CT molecular complexity index is 929. The van der Waals surface area contributed by atoms with Crippen molar-refractivity contribution < 1.29 is 22.7 Å². The summed E-state index contributed by atoms with van der Waals surface area (Å²) in [6, 6.07) is 5.43. The summed E-state index contributed by atoms with van der Waals surface area (Å²) in [5, 5.41) is 0.0943. The van der Waals surface area contributed by atoms with Crippen LogP contribution in [0.5, 0.6) is 5.88 Å². The van der Waals surface area contributed by atoms with Gasteiger partial charge in [0.05, 0.1) is 29.7 Å². The van der Waals surface area contributed by atoms with Gasteiger partial charge in [-0.15, -0.1) is 0 Å². The van der Waals surface area contributed by atoms with Crippen LogP contribution in [-0.2, 0) is 14.8 Å². The Balaban J connectivity index is 2.47. The Morgan fingerprint density at radius 1 is 1.23 bits per heavy atom. The molecule has 140 valence electrons. The highest BCUT2D eigenvalue weighted by Gasteiger charge is 2.21. The summed E-state index contributed by atoms with van der Waals surface area (Å²) in [6.45, 7) is 3.92. The molecule has 1 aromatic heterocycles. The quantitative estimate of drug-likeness (QED) is 0.749. The van der Waals surface area contributed by atoms with Crippen LogP contribution in [0.4, 0.5) is 5.69 Å². The number of halogens is 1. The van der Waals surface area contributed by atoms with Crippen LogP contribution in [0.2, 0.25) is 5.02 Å². The summed E-state index contributed by atoms with van der Waals surface area (Å²) >= 11 is 5.94. The van der Waals surface area contributed by atoms with E-state index in [-0.39, 0.29) is 33.0 Å². The van der Waals surface area contributed by atoms with Crippen molar-refractivity contribution >= 4 is 33.3 Å². The van der Waals surface area contributed by atoms with E-state index in [9.17, 15) is 13.2 Å². The molecule has 0 saturated heterocycles. The van der Waals surface area contributed by atoms with Gasteiger partial charge in [-0.2, -0.15) is 0 Å². The first-order valence-corrected chi connectivity index (χ1v) is 9.50. The molecule has 0 saturated carbocycles. The lowest BCUT2D eigenvalue weighted by Gasteiger charge is -2.14. The number of nitrogens with one attached hydrogen (secondary N) is 1. The zero-order chi connectivity index (χ0) is 19.5. The second kappa shape index (κ2) is 7.92. The molecule has 0 unspecified atom stereocenters. The maximum atomic E-state index is 12.7. The maximum Gasteiger partial charge on any atom is 0.339 e. The number of rotatable bonds is 6. The van der Waals surface area contributed by atoms with Gasteiger partial charge in [0.2, 0.25) is 5.88 Å². The van der Waals surface area contributed by atoms with E-state index in [4.69, 9.17) is 16.3 Å². The van der Waals surface area contributed by atoms with Crippen LogP contribution in [0, 0.1) is 0 Å². The van der Waals surface area contributed by atoms with Gasteiger partial charge in [-0.05, 0) is 35.7 Å². The number of hydrogen-bond acceptors (Lipinski definition) is 6. The largest absolute Gasteiger partial charge is 0.480 e. The molecule has 0 aliphatic rings. The van der Waals surface area contributed by atoms with E-state index >= 15 is 0 Å². The molecule has 0 atom stereocenters. The van der Waals surface area contributed by atoms with E-state index in [1.54, 1.807) is 12.3 Å². The van der Waals surface area contributed by atoms with Crippen molar-refractivity contribution in [2.24, 2.45) is 0 Å². The number of aromatic nitrogens is 1. The predicted octanol–water partition coefficient (Wildman–Crippen LogP) is 3.45. The molecule has 7 nitrogen and oxygen atoms in total. The first kappa shape index (κ1) is 20.0. The van der Waals surface area contributed by atoms with Gasteiger partial charge in [0.25, 0.3) is 10.0 Å². The fourth-order valence-corrected chi connectivity index (χ4v) is 3.43. The number of sulfonamides is 1. The minimum absolute atomic E-state index is 0.0435. The first-order valence-electron chi connectivity index (χ1n) is 7.64. The molecule has 0 amide bonds. The Morgan fingerprint density at radius 2 is 1.92 bits per heavy atom. The number of anilines is 1. The summed E-state index contributed by atoms with van der Waals surface area (Å²) in [5.41, 5.74) is 1.00. The van der Waals surface area contributed by atoms with Crippen molar-refractivity contribution in [1.29, 1.82) is 0 Å². The van der Waals surface area contributed by atoms with E-state index in [0.717, 1.165) is 11.6 Å². The summed E-state index contributed by atoms with van der Waals surface area (Å²) in [5.74, 6) is -0.439. The van der Waals surface area contributed by atoms with Crippen LogP contribution < -0.4 is 9.46 Å². The summed E-state index contributed by atoms with van der Waals surface area (Å²) in [4.78, 5) is 15.7. The van der Waals surface area contributed by atoms with E-state index in [1.807, 2.05) is 13.8 Å². The molecule has 26 heavy (non-hydrogen) atoms.